The quantitative estimate of drug-likeness (QED) is 0.632. The summed E-state index contributed by atoms with van der Waals surface area (Å²) < 4.78 is 9.78. The Kier molecular flexibility index (Phi) is 6.00. The molecule has 0 atom stereocenters. The topological polar surface area (TPSA) is 18.5 Å². The van der Waals surface area contributed by atoms with Crippen LogP contribution >= 0.6 is 11.6 Å². The van der Waals surface area contributed by atoms with Gasteiger partial charge in [0.1, 0.15) is 0 Å². The molecule has 4 heteroatoms. The summed E-state index contributed by atoms with van der Waals surface area (Å²) in [5.74, 6) is 0. The van der Waals surface area contributed by atoms with Gasteiger partial charge < -0.3 is 0 Å². The molecule has 0 bridgehead atoms. The number of hydrogen-bond acceptors (Lipinski definition) is 2. The van der Waals surface area contributed by atoms with Crippen LogP contribution in [0.3, 0.4) is 0 Å². The van der Waals surface area contributed by atoms with E-state index in [1.807, 2.05) is 0 Å². The van der Waals surface area contributed by atoms with Gasteiger partial charge in [-0.2, -0.15) is 0 Å². The standard InChI is InChI=1S/C4H8AsClO2/c1-7-5(8-2)3-4-6/h3-4H,1-2H3/b4-3+. The SMILES string of the molecule is CO[As](/C=C/Cl)OC. The normalized spacial score (nSPS) is 11.5. The fourth-order valence-corrected chi connectivity index (χ4v) is 1.74. The van der Waals surface area contributed by atoms with Crippen LogP contribution in [0, 0.1) is 0 Å². The Bertz CT molecular complexity index is 72.4. The Morgan fingerprint density at radius 1 is 1.38 bits per heavy atom. The van der Waals surface area contributed by atoms with Gasteiger partial charge in [0, 0.05) is 0 Å². The predicted molar refractivity (Wildman–Crippen MR) is 34.8 cm³/mol. The predicted octanol–water partition coefficient (Wildman–Crippen LogP) is 1.06. The first-order chi connectivity index (χ1) is 3.85. The first-order valence-corrected chi connectivity index (χ1v) is 5.04. The molecule has 0 rings (SSSR count). The van der Waals surface area contributed by atoms with Crippen molar-refractivity contribution in [1.29, 1.82) is 0 Å². The van der Waals surface area contributed by atoms with Gasteiger partial charge in [0.15, 0.2) is 0 Å². The average molecular weight is 198 g/mol. The third-order valence-electron chi connectivity index (χ3n) is 0.538. The van der Waals surface area contributed by atoms with Crippen LogP contribution in [0.25, 0.3) is 0 Å². The van der Waals surface area contributed by atoms with Gasteiger partial charge in [-0.25, -0.2) is 0 Å². The summed E-state index contributed by atoms with van der Waals surface area (Å²) in [6.45, 7) is 0. The second-order valence-electron chi connectivity index (χ2n) is 0.926. The molecule has 2 nitrogen and oxygen atoms in total. The third kappa shape index (κ3) is 3.50. The molecule has 0 amide bonds. The zero-order valence-electron chi connectivity index (χ0n) is 4.80. The van der Waals surface area contributed by atoms with Gasteiger partial charge in [0.05, 0.1) is 0 Å². The van der Waals surface area contributed by atoms with E-state index in [0.29, 0.717) is 0 Å². The van der Waals surface area contributed by atoms with Crippen LogP contribution in [-0.4, -0.2) is 29.6 Å². The van der Waals surface area contributed by atoms with E-state index in [9.17, 15) is 0 Å². The molecule has 0 saturated carbocycles. The summed E-state index contributed by atoms with van der Waals surface area (Å²) in [6.07, 6.45) is 0. The van der Waals surface area contributed by atoms with Gasteiger partial charge in [-0.3, -0.25) is 0 Å². The van der Waals surface area contributed by atoms with Crippen molar-refractivity contribution in [3.63, 3.8) is 0 Å². The average Bonchev–Trinajstić information content (AvgIpc) is 1.83. The molecule has 0 aromatic heterocycles. The Labute approximate surface area is 59.4 Å². The Morgan fingerprint density at radius 2 is 1.88 bits per heavy atom. The monoisotopic (exact) mass is 198 g/mol. The first-order valence-electron chi connectivity index (χ1n) is 1.99. The molecule has 8 heavy (non-hydrogen) atoms. The number of hydrogen-bond donors (Lipinski definition) is 0. The second-order valence-corrected chi connectivity index (χ2v) is 4.53. The van der Waals surface area contributed by atoms with E-state index in [4.69, 9.17) is 19.1 Å². The third-order valence-corrected chi connectivity index (χ3v) is 3.38. The molecule has 0 N–H and O–H groups in total. The van der Waals surface area contributed by atoms with Crippen molar-refractivity contribution < 1.29 is 7.45 Å². The molecule has 0 unspecified atom stereocenters. The summed E-state index contributed by atoms with van der Waals surface area (Å²) in [5.41, 5.74) is 1.42. The zero-order chi connectivity index (χ0) is 6.41. The van der Waals surface area contributed by atoms with Gasteiger partial charge in [-0.15, -0.1) is 0 Å². The number of rotatable bonds is 3. The molecule has 48 valence electrons. The van der Waals surface area contributed by atoms with E-state index in [1.165, 1.54) is 5.54 Å². The van der Waals surface area contributed by atoms with E-state index in [-0.39, 0.29) is 0 Å². The van der Waals surface area contributed by atoms with E-state index in [2.05, 4.69) is 0 Å². The van der Waals surface area contributed by atoms with Crippen LogP contribution < -0.4 is 0 Å². The molecule has 0 fully saturated rings. The molecule has 0 aromatic rings. The van der Waals surface area contributed by atoms with E-state index < -0.39 is 15.3 Å². The van der Waals surface area contributed by atoms with Crippen LogP contribution in [0.5, 0.6) is 0 Å². The van der Waals surface area contributed by atoms with Crippen molar-refractivity contribution in [1.82, 2.24) is 0 Å². The van der Waals surface area contributed by atoms with Gasteiger partial charge in [-0.05, 0) is 0 Å². The van der Waals surface area contributed by atoms with Crippen LogP contribution in [-0.2, 0) is 7.45 Å². The Morgan fingerprint density at radius 3 is 2.00 bits per heavy atom. The maximum absolute atomic E-state index is 5.25. The molecule has 0 aliphatic rings. The van der Waals surface area contributed by atoms with Crippen LogP contribution in [0.15, 0.2) is 10.4 Å². The van der Waals surface area contributed by atoms with Crippen molar-refractivity contribution in [3.05, 3.63) is 10.4 Å². The first kappa shape index (κ1) is 8.51. The summed E-state index contributed by atoms with van der Waals surface area (Å²) in [4.78, 5) is 1.74. The van der Waals surface area contributed by atoms with Crippen molar-refractivity contribution in [2.45, 2.75) is 0 Å². The minimum absolute atomic E-state index is 1.42. The van der Waals surface area contributed by atoms with E-state index in [0.717, 1.165) is 0 Å². The van der Waals surface area contributed by atoms with E-state index in [1.54, 1.807) is 19.1 Å². The zero-order valence-corrected chi connectivity index (χ0v) is 7.43. The van der Waals surface area contributed by atoms with Crippen LogP contribution in [0.4, 0.5) is 0 Å². The molecular formula is C4H8AsClO2. The van der Waals surface area contributed by atoms with E-state index >= 15 is 0 Å². The summed E-state index contributed by atoms with van der Waals surface area (Å²) >= 11 is 3.69. The second kappa shape index (κ2) is 5.64. The molecule has 0 aromatic carbocycles. The fourth-order valence-electron chi connectivity index (χ4n) is 0.242. The molecule has 0 aliphatic heterocycles. The minimum atomic E-state index is -1.56. The summed E-state index contributed by atoms with van der Waals surface area (Å²) in [7, 11) is 3.22. The molecule has 0 aliphatic carbocycles. The van der Waals surface area contributed by atoms with Crippen molar-refractivity contribution >= 4 is 26.9 Å². The fraction of sp³-hybridized carbons (Fsp3) is 0.500. The van der Waals surface area contributed by atoms with Gasteiger partial charge in [0.2, 0.25) is 0 Å². The molecule has 0 saturated heterocycles. The number of halogens is 1. The summed E-state index contributed by atoms with van der Waals surface area (Å²) in [6, 6.07) is 0. The van der Waals surface area contributed by atoms with Crippen molar-refractivity contribution in [2.24, 2.45) is 0 Å². The van der Waals surface area contributed by atoms with Gasteiger partial charge >= 0.3 is 59.0 Å². The van der Waals surface area contributed by atoms with Crippen molar-refractivity contribution in [3.8, 4) is 0 Å². The molecule has 0 heterocycles. The Balaban J connectivity index is 3.36. The Hall–Kier alpha value is 0.508. The maximum atomic E-state index is 5.25. The molecule has 0 spiro atoms. The molecule has 0 radical (unpaired) electrons. The van der Waals surface area contributed by atoms with Gasteiger partial charge in [-0.1, -0.05) is 0 Å². The van der Waals surface area contributed by atoms with Crippen LogP contribution in [0.2, 0.25) is 0 Å². The molecular weight excluding hydrogens is 190 g/mol. The van der Waals surface area contributed by atoms with Crippen LogP contribution in [0.1, 0.15) is 0 Å². The van der Waals surface area contributed by atoms with Crippen molar-refractivity contribution in [2.75, 3.05) is 14.2 Å². The van der Waals surface area contributed by atoms with Gasteiger partial charge in [0.25, 0.3) is 0 Å². The summed E-state index contributed by atoms with van der Waals surface area (Å²) in [5, 5.41) is 0.